The fraction of sp³-hybridized carbons (Fsp3) is 0.0303. The summed E-state index contributed by atoms with van der Waals surface area (Å²) in [4.78, 5) is -1.13. The highest BCUT2D eigenvalue weighted by Crippen LogP contribution is 2.43. The number of azo groups is 2. The number of hydrogen-bond donors (Lipinski definition) is 4. The van der Waals surface area contributed by atoms with Gasteiger partial charge in [0.15, 0.2) is 5.75 Å². The van der Waals surface area contributed by atoms with Crippen molar-refractivity contribution in [3.63, 3.8) is 0 Å². The van der Waals surface area contributed by atoms with Crippen LogP contribution in [-0.2, 0) is 20.2 Å². The number of phenolic OH excluding ortho intramolecular Hbond substituents is 1. The van der Waals surface area contributed by atoms with E-state index in [0.717, 1.165) is 23.4 Å². The predicted octanol–water partition coefficient (Wildman–Crippen LogP) is 9.07. The molecule has 4 N–H and O–H groups in total. The van der Waals surface area contributed by atoms with Gasteiger partial charge in [-0.25, -0.2) is 0 Å². The molecule has 0 atom stereocenters. The maximum atomic E-state index is 12.5. The molecule has 0 bridgehead atoms. The highest BCUT2D eigenvalue weighted by molar-refractivity contribution is 7.86. The van der Waals surface area contributed by atoms with Gasteiger partial charge in [0.2, 0.25) is 0 Å². The average molecular weight is 668 g/mol. The van der Waals surface area contributed by atoms with Gasteiger partial charge in [-0.15, -0.1) is 15.3 Å². The summed E-state index contributed by atoms with van der Waals surface area (Å²) in [5.41, 5.74) is 2.85. The van der Waals surface area contributed by atoms with Gasteiger partial charge in [-0.3, -0.25) is 9.11 Å². The van der Waals surface area contributed by atoms with E-state index in [0.29, 0.717) is 27.8 Å². The van der Waals surface area contributed by atoms with Gasteiger partial charge in [0.25, 0.3) is 20.2 Å². The number of benzene rings is 6. The maximum absolute atomic E-state index is 12.5. The molecular formula is C33H25N5O7S2. The van der Waals surface area contributed by atoms with Gasteiger partial charge < -0.3 is 10.4 Å². The summed E-state index contributed by atoms with van der Waals surface area (Å²) < 4.78 is 68.7. The molecule has 0 fully saturated rings. The van der Waals surface area contributed by atoms with Crippen molar-refractivity contribution in [2.24, 2.45) is 20.5 Å². The molecule has 236 valence electrons. The highest BCUT2D eigenvalue weighted by Gasteiger charge is 2.23. The number of anilines is 2. The number of phenols is 1. The minimum absolute atomic E-state index is 0.0444. The summed E-state index contributed by atoms with van der Waals surface area (Å²) in [5.74, 6) is -0.559. The van der Waals surface area contributed by atoms with Crippen LogP contribution in [0.15, 0.2) is 139 Å². The normalized spacial score (nSPS) is 12.4. The fourth-order valence-electron chi connectivity index (χ4n) is 4.87. The van der Waals surface area contributed by atoms with Gasteiger partial charge in [0.05, 0.1) is 22.0 Å². The molecular weight excluding hydrogens is 643 g/mol. The molecule has 14 heteroatoms. The van der Waals surface area contributed by atoms with Crippen molar-refractivity contribution in [1.29, 1.82) is 0 Å². The van der Waals surface area contributed by atoms with Crippen LogP contribution in [0.5, 0.6) is 5.75 Å². The molecule has 0 saturated carbocycles. The third-order valence-corrected chi connectivity index (χ3v) is 8.91. The zero-order chi connectivity index (χ0) is 33.3. The lowest BCUT2D eigenvalue weighted by Gasteiger charge is -2.12. The lowest BCUT2D eigenvalue weighted by Crippen LogP contribution is -1.99. The van der Waals surface area contributed by atoms with Crippen LogP contribution < -0.4 is 5.32 Å². The van der Waals surface area contributed by atoms with E-state index in [2.05, 4.69) is 25.8 Å². The number of aromatic hydroxyl groups is 1. The second-order valence-electron chi connectivity index (χ2n) is 10.5. The summed E-state index contributed by atoms with van der Waals surface area (Å²) in [7, 11) is -9.52. The molecule has 0 radical (unpaired) electrons. The largest absolute Gasteiger partial charge is 0.505 e. The summed E-state index contributed by atoms with van der Waals surface area (Å²) in [6, 6.07) is 29.3. The Morgan fingerprint density at radius 2 is 1.26 bits per heavy atom. The second-order valence-corrected chi connectivity index (χ2v) is 13.3. The first-order valence-electron chi connectivity index (χ1n) is 13.9. The molecule has 12 nitrogen and oxygen atoms in total. The zero-order valence-corrected chi connectivity index (χ0v) is 26.1. The molecule has 0 heterocycles. The van der Waals surface area contributed by atoms with Crippen molar-refractivity contribution in [1.82, 2.24) is 0 Å². The van der Waals surface area contributed by atoms with Crippen molar-refractivity contribution < 1.29 is 31.0 Å². The van der Waals surface area contributed by atoms with Gasteiger partial charge in [-0.2, -0.15) is 21.9 Å². The number of rotatable bonds is 8. The Labute approximate surface area is 269 Å². The number of aryl methyl sites for hydroxylation is 1. The van der Waals surface area contributed by atoms with Crippen LogP contribution in [0.2, 0.25) is 0 Å². The van der Waals surface area contributed by atoms with Crippen LogP contribution in [0.1, 0.15) is 5.56 Å². The molecule has 0 saturated heterocycles. The minimum atomic E-state index is -4.91. The Hall–Kier alpha value is -5.54. The van der Waals surface area contributed by atoms with E-state index in [-0.39, 0.29) is 16.5 Å². The summed E-state index contributed by atoms with van der Waals surface area (Å²) in [6.07, 6.45) is 0. The van der Waals surface area contributed by atoms with Gasteiger partial charge in [-0.1, -0.05) is 42.0 Å². The highest BCUT2D eigenvalue weighted by atomic mass is 32.2. The van der Waals surface area contributed by atoms with Crippen LogP contribution in [0.3, 0.4) is 0 Å². The molecule has 0 amide bonds. The topological polar surface area (TPSA) is 190 Å². The van der Waals surface area contributed by atoms with Crippen LogP contribution in [0.25, 0.3) is 21.5 Å². The second kappa shape index (κ2) is 12.3. The van der Waals surface area contributed by atoms with Gasteiger partial charge in [0.1, 0.15) is 10.6 Å². The van der Waals surface area contributed by atoms with Gasteiger partial charge in [-0.05, 0) is 85.1 Å². The molecule has 6 aromatic carbocycles. The third-order valence-electron chi connectivity index (χ3n) is 7.20. The van der Waals surface area contributed by atoms with E-state index in [9.17, 15) is 31.0 Å². The van der Waals surface area contributed by atoms with Crippen LogP contribution in [0.4, 0.5) is 34.1 Å². The lowest BCUT2D eigenvalue weighted by molar-refractivity contribution is 0.472. The minimum Gasteiger partial charge on any atom is -0.505 e. The number of fused-ring (bicyclic) bond motifs is 2. The first-order chi connectivity index (χ1) is 22.4. The van der Waals surface area contributed by atoms with Crippen molar-refractivity contribution >= 4 is 75.9 Å². The van der Waals surface area contributed by atoms with Gasteiger partial charge >= 0.3 is 0 Å². The number of nitrogens with one attached hydrogen (secondary N) is 1. The maximum Gasteiger partial charge on any atom is 0.296 e. The van der Waals surface area contributed by atoms with Crippen molar-refractivity contribution in [3.8, 4) is 5.75 Å². The lowest BCUT2D eigenvalue weighted by atomic mass is 10.1. The van der Waals surface area contributed by atoms with E-state index in [1.54, 1.807) is 36.4 Å². The number of hydrogen-bond acceptors (Lipinski definition) is 10. The molecule has 6 aromatic rings. The number of nitrogens with zero attached hydrogens (tertiary/aromatic N) is 4. The van der Waals surface area contributed by atoms with Gasteiger partial charge in [0, 0.05) is 27.5 Å². The predicted molar refractivity (Wildman–Crippen MR) is 178 cm³/mol. The first-order valence-corrected chi connectivity index (χ1v) is 16.8. The molecule has 0 unspecified atom stereocenters. The average Bonchev–Trinajstić information content (AvgIpc) is 3.03. The van der Waals surface area contributed by atoms with Crippen LogP contribution in [0, 0.1) is 6.92 Å². The van der Waals surface area contributed by atoms with E-state index in [1.807, 2.05) is 49.4 Å². The van der Waals surface area contributed by atoms with Crippen LogP contribution in [-0.4, -0.2) is 31.0 Å². The summed E-state index contributed by atoms with van der Waals surface area (Å²) in [5, 5.41) is 32.1. The molecule has 6 rings (SSSR count). The molecule has 47 heavy (non-hydrogen) atoms. The molecule has 0 aliphatic heterocycles. The van der Waals surface area contributed by atoms with Crippen molar-refractivity contribution in [3.05, 3.63) is 115 Å². The zero-order valence-electron chi connectivity index (χ0n) is 24.5. The third kappa shape index (κ3) is 6.85. The Morgan fingerprint density at radius 1 is 0.596 bits per heavy atom. The molecule has 0 aromatic heterocycles. The summed E-state index contributed by atoms with van der Waals surface area (Å²) >= 11 is 0. The van der Waals surface area contributed by atoms with Crippen molar-refractivity contribution in [2.75, 3.05) is 5.32 Å². The van der Waals surface area contributed by atoms with E-state index in [1.165, 1.54) is 18.2 Å². The van der Waals surface area contributed by atoms with E-state index in [4.69, 9.17) is 0 Å². The Morgan fingerprint density at radius 3 is 1.94 bits per heavy atom. The van der Waals surface area contributed by atoms with Crippen LogP contribution >= 0.6 is 0 Å². The molecule has 0 aliphatic carbocycles. The Balaban J connectivity index is 1.46. The quantitative estimate of drug-likeness (QED) is 0.0912. The SMILES string of the molecule is Cc1ccc(N=Nc2ccc(N=Nc3c(S(=O)(=O)O)cc4cc(Nc5ccccc5)ccc4c3O)c3cc(S(=O)(=O)O)ccc23)cc1. The first kappa shape index (κ1) is 31.4. The number of para-hydroxylation sites is 1. The standard InChI is InChI=1S/C33H25N5O7S2/c1-20-7-9-23(10-8-20)35-36-29-15-16-30(28-19-25(46(40,41)42)12-14-27(28)29)37-38-32-31(47(43,44)45)18-21-17-24(11-13-26(21)33(32)39)34-22-5-3-2-4-6-22/h2-19,34,39H,1H3,(H,40,41,42)(H,43,44,45). The fourth-order valence-corrected chi connectivity index (χ4v) is 6.03. The van der Waals surface area contributed by atoms with E-state index >= 15 is 0 Å². The van der Waals surface area contributed by atoms with E-state index < -0.39 is 41.5 Å². The monoisotopic (exact) mass is 667 g/mol. The molecule has 0 spiro atoms. The smallest absolute Gasteiger partial charge is 0.296 e. The Kier molecular flexibility index (Phi) is 8.25. The summed E-state index contributed by atoms with van der Waals surface area (Å²) in [6.45, 7) is 1.94. The molecule has 0 aliphatic rings. The van der Waals surface area contributed by atoms with Crippen molar-refractivity contribution in [2.45, 2.75) is 16.7 Å². The Bertz CT molecular complexity index is 2450.